The van der Waals surface area contributed by atoms with E-state index in [2.05, 4.69) is 22.0 Å². The largest absolute Gasteiger partial charge is 0.368 e. The fourth-order valence-corrected chi connectivity index (χ4v) is 2.25. The molecular formula is C18H27FN4O. The molecule has 0 aliphatic carbocycles. The molecule has 1 aromatic carbocycles. The Morgan fingerprint density at radius 1 is 1.25 bits per heavy atom. The lowest BCUT2D eigenvalue weighted by Crippen LogP contribution is -2.50. The van der Waals surface area contributed by atoms with Crippen molar-refractivity contribution in [2.45, 2.75) is 20.8 Å². The summed E-state index contributed by atoms with van der Waals surface area (Å²) in [5.41, 5.74) is 4.54. The Morgan fingerprint density at radius 2 is 1.83 bits per heavy atom. The van der Waals surface area contributed by atoms with Gasteiger partial charge < -0.3 is 15.2 Å². The molecule has 0 saturated carbocycles. The number of carbonyl (C=O) groups is 1. The second-order valence-corrected chi connectivity index (χ2v) is 5.28. The number of hydrazone groups is 1. The number of benzene rings is 1. The second-order valence-electron chi connectivity index (χ2n) is 5.28. The molecule has 1 heterocycles. The van der Waals surface area contributed by atoms with Crippen molar-refractivity contribution in [3.8, 4) is 0 Å². The fourth-order valence-electron chi connectivity index (χ4n) is 2.25. The molecule has 1 aromatic rings. The maximum atomic E-state index is 12.9. The minimum absolute atomic E-state index is 0.0256. The fraction of sp³-hybridized carbons (Fsp3) is 0.444. The van der Waals surface area contributed by atoms with Crippen LogP contribution in [0.5, 0.6) is 0 Å². The number of nitrogens with one attached hydrogen (secondary N) is 1. The van der Waals surface area contributed by atoms with E-state index >= 15 is 0 Å². The summed E-state index contributed by atoms with van der Waals surface area (Å²) in [4.78, 5) is 16.0. The number of halogens is 1. The Labute approximate surface area is 143 Å². The average molecular weight is 334 g/mol. The average Bonchev–Trinajstić information content (AvgIpc) is 2.61. The molecule has 2 rings (SSSR count). The first-order valence-electron chi connectivity index (χ1n) is 8.26. The molecule has 24 heavy (non-hydrogen) atoms. The molecule has 0 bridgehead atoms. The van der Waals surface area contributed by atoms with E-state index in [-0.39, 0.29) is 18.3 Å². The maximum Gasteiger partial charge on any atom is 0.243 e. The third-order valence-electron chi connectivity index (χ3n) is 3.43. The summed E-state index contributed by atoms with van der Waals surface area (Å²) in [6, 6.07) is 6.44. The Morgan fingerprint density at radius 3 is 2.38 bits per heavy atom. The first kappa shape index (κ1) is 19.7. The summed E-state index contributed by atoms with van der Waals surface area (Å²) in [5.74, 6) is -0.212. The van der Waals surface area contributed by atoms with E-state index in [0.717, 1.165) is 24.4 Å². The standard InChI is InChI=1S/C16H21FN4O.C2H6/c1-13(2)11-18-19-12-16(22)21-9-7-20(8-10-21)15-5-3-14(17)4-6-15;1-2/h3-6,11,19H,1,7-10,12H2,2H3;1-2H3/b18-11-;. The normalized spacial score (nSPS) is 14.2. The van der Waals surface area contributed by atoms with E-state index in [1.807, 2.05) is 25.7 Å². The van der Waals surface area contributed by atoms with Crippen LogP contribution in [0.3, 0.4) is 0 Å². The van der Waals surface area contributed by atoms with Gasteiger partial charge in [0.2, 0.25) is 5.91 Å². The molecule has 0 aromatic heterocycles. The van der Waals surface area contributed by atoms with Gasteiger partial charge in [0, 0.05) is 38.1 Å². The lowest BCUT2D eigenvalue weighted by atomic mass is 10.2. The van der Waals surface area contributed by atoms with Gasteiger partial charge in [0.25, 0.3) is 0 Å². The van der Waals surface area contributed by atoms with Crippen LogP contribution in [0, 0.1) is 5.82 Å². The van der Waals surface area contributed by atoms with Gasteiger partial charge in [-0.3, -0.25) is 4.79 Å². The summed E-state index contributed by atoms with van der Waals surface area (Å²) in [6.45, 7) is 12.5. The van der Waals surface area contributed by atoms with Crippen molar-refractivity contribution >= 4 is 17.8 Å². The number of carbonyl (C=O) groups excluding carboxylic acids is 1. The van der Waals surface area contributed by atoms with E-state index in [4.69, 9.17) is 0 Å². The number of anilines is 1. The van der Waals surface area contributed by atoms with Crippen molar-refractivity contribution in [3.05, 3.63) is 42.2 Å². The molecule has 132 valence electrons. The topological polar surface area (TPSA) is 47.9 Å². The highest BCUT2D eigenvalue weighted by Gasteiger charge is 2.20. The van der Waals surface area contributed by atoms with Crippen molar-refractivity contribution in [1.29, 1.82) is 0 Å². The predicted octanol–water partition coefficient (Wildman–Crippen LogP) is 2.65. The van der Waals surface area contributed by atoms with Crippen LogP contribution in [0.1, 0.15) is 20.8 Å². The molecular weight excluding hydrogens is 307 g/mol. The minimum atomic E-state index is -0.237. The maximum absolute atomic E-state index is 12.9. The quantitative estimate of drug-likeness (QED) is 0.665. The van der Waals surface area contributed by atoms with E-state index in [1.54, 1.807) is 18.3 Å². The lowest BCUT2D eigenvalue weighted by molar-refractivity contribution is -0.130. The Hall–Kier alpha value is -2.37. The molecule has 6 heteroatoms. The molecule has 1 amide bonds. The highest BCUT2D eigenvalue weighted by molar-refractivity contribution is 5.79. The Balaban J connectivity index is 0.00000139. The second kappa shape index (κ2) is 10.4. The van der Waals surface area contributed by atoms with E-state index in [9.17, 15) is 9.18 Å². The Kier molecular flexibility index (Phi) is 8.54. The molecule has 1 N–H and O–H groups in total. The third kappa shape index (κ3) is 6.40. The van der Waals surface area contributed by atoms with Crippen LogP contribution in [0.2, 0.25) is 0 Å². The molecule has 1 aliphatic rings. The van der Waals surface area contributed by atoms with Crippen molar-refractivity contribution in [2.24, 2.45) is 5.10 Å². The van der Waals surface area contributed by atoms with Crippen molar-refractivity contribution in [1.82, 2.24) is 10.3 Å². The number of nitrogens with zero attached hydrogens (tertiary/aromatic N) is 3. The molecule has 0 unspecified atom stereocenters. The van der Waals surface area contributed by atoms with Crippen molar-refractivity contribution < 1.29 is 9.18 Å². The van der Waals surface area contributed by atoms with Gasteiger partial charge in [0.1, 0.15) is 12.4 Å². The Bertz CT molecular complexity index is 549. The molecule has 0 spiro atoms. The summed E-state index contributed by atoms with van der Waals surface area (Å²) in [6.07, 6.45) is 1.58. The number of piperazine rings is 1. The first-order valence-corrected chi connectivity index (χ1v) is 8.26. The zero-order chi connectivity index (χ0) is 17.9. The van der Waals surface area contributed by atoms with Crippen LogP contribution in [0.25, 0.3) is 0 Å². The zero-order valence-corrected chi connectivity index (χ0v) is 14.8. The van der Waals surface area contributed by atoms with Gasteiger partial charge in [-0.2, -0.15) is 5.10 Å². The highest BCUT2D eigenvalue weighted by Crippen LogP contribution is 2.16. The summed E-state index contributed by atoms with van der Waals surface area (Å²) < 4.78 is 12.9. The van der Waals surface area contributed by atoms with Crippen molar-refractivity contribution in [3.63, 3.8) is 0 Å². The van der Waals surface area contributed by atoms with Gasteiger partial charge in [-0.1, -0.05) is 20.4 Å². The zero-order valence-electron chi connectivity index (χ0n) is 14.8. The third-order valence-corrected chi connectivity index (χ3v) is 3.43. The van der Waals surface area contributed by atoms with E-state index in [1.165, 1.54) is 12.1 Å². The van der Waals surface area contributed by atoms with Gasteiger partial charge in [0.05, 0.1) is 0 Å². The molecule has 5 nitrogen and oxygen atoms in total. The van der Waals surface area contributed by atoms with E-state index in [0.29, 0.717) is 13.1 Å². The van der Waals surface area contributed by atoms with Crippen LogP contribution in [0.15, 0.2) is 41.5 Å². The smallest absolute Gasteiger partial charge is 0.243 e. The highest BCUT2D eigenvalue weighted by atomic mass is 19.1. The predicted molar refractivity (Wildman–Crippen MR) is 97.8 cm³/mol. The molecule has 1 saturated heterocycles. The number of amides is 1. The number of allylic oxidation sites excluding steroid dienone is 1. The lowest BCUT2D eigenvalue weighted by Gasteiger charge is -2.36. The van der Waals surface area contributed by atoms with Crippen LogP contribution in [0.4, 0.5) is 10.1 Å². The molecule has 1 aliphatic heterocycles. The van der Waals surface area contributed by atoms with Crippen LogP contribution >= 0.6 is 0 Å². The summed E-state index contributed by atoms with van der Waals surface area (Å²) in [5, 5.41) is 3.91. The van der Waals surface area contributed by atoms with Crippen LogP contribution in [-0.4, -0.2) is 49.7 Å². The SMILES string of the molecule is C=C(C)/C=N\NCC(=O)N1CCN(c2ccc(F)cc2)CC1.CC. The molecule has 1 fully saturated rings. The van der Waals surface area contributed by atoms with Gasteiger partial charge >= 0.3 is 0 Å². The number of hydrogen-bond acceptors (Lipinski definition) is 4. The van der Waals surface area contributed by atoms with Gasteiger partial charge in [-0.25, -0.2) is 4.39 Å². The van der Waals surface area contributed by atoms with Gasteiger partial charge in [-0.15, -0.1) is 0 Å². The van der Waals surface area contributed by atoms with Gasteiger partial charge in [0.15, 0.2) is 0 Å². The molecule has 0 atom stereocenters. The van der Waals surface area contributed by atoms with Crippen LogP contribution in [-0.2, 0) is 4.79 Å². The number of rotatable bonds is 5. The number of hydrogen-bond donors (Lipinski definition) is 1. The summed E-state index contributed by atoms with van der Waals surface area (Å²) >= 11 is 0. The monoisotopic (exact) mass is 334 g/mol. The summed E-state index contributed by atoms with van der Waals surface area (Å²) in [7, 11) is 0. The minimum Gasteiger partial charge on any atom is -0.368 e. The van der Waals surface area contributed by atoms with Gasteiger partial charge in [-0.05, 0) is 36.8 Å². The van der Waals surface area contributed by atoms with Crippen LogP contribution < -0.4 is 10.3 Å². The first-order chi connectivity index (χ1) is 11.6. The molecule has 0 radical (unpaired) electrons. The van der Waals surface area contributed by atoms with E-state index < -0.39 is 0 Å². The van der Waals surface area contributed by atoms with Crippen molar-refractivity contribution in [2.75, 3.05) is 37.6 Å².